The zero-order valence-electron chi connectivity index (χ0n) is 24.1. The van der Waals surface area contributed by atoms with Crippen molar-refractivity contribution in [2.75, 3.05) is 53.1 Å². The van der Waals surface area contributed by atoms with E-state index < -0.39 is 29.9 Å². The Kier molecular flexibility index (Phi) is 13.0. The van der Waals surface area contributed by atoms with E-state index in [1.807, 2.05) is 30.3 Å². The molecule has 3 amide bonds. The molecule has 3 rings (SSSR count). The van der Waals surface area contributed by atoms with Crippen LogP contribution in [0, 0.1) is 0 Å². The van der Waals surface area contributed by atoms with E-state index in [0.29, 0.717) is 18.9 Å². The van der Waals surface area contributed by atoms with Crippen molar-refractivity contribution in [1.29, 1.82) is 0 Å². The number of carbonyl (C=O) groups is 4. The first-order valence-corrected chi connectivity index (χ1v) is 14.1. The van der Waals surface area contributed by atoms with Gasteiger partial charge in [-0.3, -0.25) is 14.4 Å². The van der Waals surface area contributed by atoms with Crippen molar-refractivity contribution in [3.8, 4) is 17.1 Å². The number of nitrogens with zero attached hydrogens (tertiary/aromatic N) is 4. The van der Waals surface area contributed by atoms with Gasteiger partial charge >= 0.3 is 12.1 Å². The molecular weight excluding hydrogens is 546 g/mol. The van der Waals surface area contributed by atoms with Crippen LogP contribution < -0.4 is 10.1 Å². The van der Waals surface area contributed by atoms with Gasteiger partial charge in [0.1, 0.15) is 12.6 Å². The first kappa shape index (κ1) is 32.3. The SMILES string of the molecule is CCCCCOC(=O)N1CCN(C(=O)[C@H](CCC(=O)O)NC(=O)c2nc(OCCOC)cc(-c3ccccc3)n2)CC1. The zero-order valence-corrected chi connectivity index (χ0v) is 24.1. The zero-order chi connectivity index (χ0) is 30.3. The molecule has 1 fully saturated rings. The smallest absolute Gasteiger partial charge is 0.409 e. The number of methoxy groups -OCH3 is 1. The molecule has 0 bridgehead atoms. The second-order valence-corrected chi connectivity index (χ2v) is 9.71. The van der Waals surface area contributed by atoms with E-state index in [4.69, 9.17) is 14.2 Å². The topological polar surface area (TPSA) is 160 Å². The van der Waals surface area contributed by atoms with Gasteiger partial charge < -0.3 is 34.4 Å². The van der Waals surface area contributed by atoms with Crippen LogP contribution in [0.3, 0.4) is 0 Å². The molecule has 0 saturated carbocycles. The number of benzene rings is 1. The summed E-state index contributed by atoms with van der Waals surface area (Å²) in [6, 6.07) is 9.62. The van der Waals surface area contributed by atoms with Crippen LogP contribution in [0.25, 0.3) is 11.3 Å². The first-order chi connectivity index (χ1) is 20.3. The van der Waals surface area contributed by atoms with Crippen molar-refractivity contribution in [2.45, 2.75) is 45.1 Å². The molecule has 13 heteroatoms. The van der Waals surface area contributed by atoms with Crippen molar-refractivity contribution in [2.24, 2.45) is 0 Å². The van der Waals surface area contributed by atoms with E-state index in [2.05, 4.69) is 22.2 Å². The summed E-state index contributed by atoms with van der Waals surface area (Å²) in [4.78, 5) is 62.1. The number of hydrogen-bond acceptors (Lipinski definition) is 9. The minimum atomic E-state index is -1.14. The molecule has 1 aliphatic heterocycles. The summed E-state index contributed by atoms with van der Waals surface area (Å²) in [5.41, 5.74) is 1.17. The Morgan fingerprint density at radius 1 is 0.976 bits per heavy atom. The van der Waals surface area contributed by atoms with Crippen LogP contribution in [0.2, 0.25) is 0 Å². The molecule has 2 aromatic rings. The Morgan fingerprint density at radius 2 is 1.69 bits per heavy atom. The largest absolute Gasteiger partial charge is 0.481 e. The molecule has 0 aliphatic carbocycles. The molecular formula is C29H39N5O8. The van der Waals surface area contributed by atoms with E-state index in [9.17, 15) is 24.3 Å². The Morgan fingerprint density at radius 3 is 2.36 bits per heavy atom. The van der Waals surface area contributed by atoms with Gasteiger partial charge in [-0.2, -0.15) is 4.98 Å². The van der Waals surface area contributed by atoms with Gasteiger partial charge in [0.15, 0.2) is 0 Å². The molecule has 13 nitrogen and oxygen atoms in total. The number of nitrogens with one attached hydrogen (secondary N) is 1. The average molecular weight is 586 g/mol. The average Bonchev–Trinajstić information content (AvgIpc) is 3.01. The quantitative estimate of drug-likeness (QED) is 0.297. The second kappa shape index (κ2) is 16.9. The van der Waals surface area contributed by atoms with E-state index in [0.717, 1.165) is 24.8 Å². The summed E-state index contributed by atoms with van der Waals surface area (Å²) in [7, 11) is 1.53. The number of hydrogen-bond donors (Lipinski definition) is 2. The van der Waals surface area contributed by atoms with Gasteiger partial charge in [-0.15, -0.1) is 0 Å². The summed E-state index contributed by atoms with van der Waals surface area (Å²) in [5.74, 6) is -2.38. The normalized spacial score (nSPS) is 13.8. The Labute approximate surface area is 245 Å². The Bertz CT molecular complexity index is 1190. The summed E-state index contributed by atoms with van der Waals surface area (Å²) in [5, 5.41) is 11.9. The molecule has 1 aromatic heterocycles. The summed E-state index contributed by atoms with van der Waals surface area (Å²) < 4.78 is 16.0. The van der Waals surface area contributed by atoms with Crippen LogP contribution in [0.5, 0.6) is 5.88 Å². The third-order valence-electron chi connectivity index (χ3n) is 6.59. The molecule has 1 aromatic carbocycles. The highest BCUT2D eigenvalue weighted by atomic mass is 16.6. The number of piperazine rings is 1. The summed E-state index contributed by atoms with van der Waals surface area (Å²) in [6.07, 6.45) is 1.90. The van der Waals surface area contributed by atoms with Gasteiger partial charge in [-0.1, -0.05) is 50.1 Å². The lowest BCUT2D eigenvalue weighted by molar-refractivity contribution is -0.138. The lowest BCUT2D eigenvalue weighted by Gasteiger charge is -2.36. The second-order valence-electron chi connectivity index (χ2n) is 9.71. The fraction of sp³-hybridized carbons (Fsp3) is 0.517. The fourth-order valence-electron chi connectivity index (χ4n) is 4.27. The lowest BCUT2D eigenvalue weighted by Crippen LogP contribution is -2.56. The third kappa shape index (κ3) is 9.98. The van der Waals surface area contributed by atoms with E-state index in [-0.39, 0.29) is 57.3 Å². The van der Waals surface area contributed by atoms with E-state index in [1.165, 1.54) is 16.9 Å². The molecule has 1 atom stereocenters. The van der Waals surface area contributed by atoms with Crippen molar-refractivity contribution in [1.82, 2.24) is 25.1 Å². The van der Waals surface area contributed by atoms with Crippen LogP contribution in [0.1, 0.15) is 49.6 Å². The number of unbranched alkanes of at least 4 members (excludes halogenated alkanes) is 2. The van der Waals surface area contributed by atoms with E-state index >= 15 is 0 Å². The van der Waals surface area contributed by atoms with Gasteiger partial charge in [-0.05, 0) is 12.8 Å². The lowest BCUT2D eigenvalue weighted by atomic mass is 10.1. The predicted octanol–water partition coefficient (Wildman–Crippen LogP) is 2.60. The van der Waals surface area contributed by atoms with E-state index in [1.54, 1.807) is 6.07 Å². The monoisotopic (exact) mass is 585 g/mol. The Balaban J connectivity index is 1.71. The van der Waals surface area contributed by atoms with Gasteiger partial charge in [0.2, 0.25) is 17.6 Å². The minimum absolute atomic E-state index is 0.130. The van der Waals surface area contributed by atoms with Crippen molar-refractivity contribution >= 4 is 23.9 Å². The van der Waals surface area contributed by atoms with Gasteiger partial charge in [0.25, 0.3) is 5.91 Å². The van der Waals surface area contributed by atoms with Gasteiger partial charge in [0.05, 0.1) is 18.9 Å². The molecule has 2 heterocycles. The molecule has 0 radical (unpaired) electrons. The highest BCUT2D eigenvalue weighted by Gasteiger charge is 2.31. The van der Waals surface area contributed by atoms with Crippen molar-refractivity contribution < 1.29 is 38.5 Å². The van der Waals surface area contributed by atoms with Gasteiger partial charge in [-0.25, -0.2) is 9.78 Å². The fourth-order valence-corrected chi connectivity index (χ4v) is 4.27. The molecule has 0 spiro atoms. The maximum Gasteiger partial charge on any atom is 0.409 e. The van der Waals surface area contributed by atoms with Gasteiger partial charge in [0, 0.05) is 51.3 Å². The highest BCUT2D eigenvalue weighted by molar-refractivity contribution is 5.95. The molecule has 1 saturated heterocycles. The predicted molar refractivity (Wildman–Crippen MR) is 152 cm³/mol. The number of rotatable bonds is 15. The number of carboxylic acid groups (broad SMARTS) is 1. The number of aromatic nitrogens is 2. The number of amides is 3. The van der Waals surface area contributed by atoms with Crippen LogP contribution in [0.15, 0.2) is 36.4 Å². The van der Waals surface area contributed by atoms with Crippen molar-refractivity contribution in [3.05, 3.63) is 42.2 Å². The first-order valence-electron chi connectivity index (χ1n) is 14.1. The number of carbonyl (C=O) groups excluding carboxylic acids is 3. The summed E-state index contributed by atoms with van der Waals surface area (Å²) in [6.45, 7) is 3.89. The van der Waals surface area contributed by atoms with Crippen LogP contribution in [-0.2, 0) is 19.1 Å². The number of aliphatic carboxylic acids is 1. The van der Waals surface area contributed by atoms with Crippen LogP contribution >= 0.6 is 0 Å². The van der Waals surface area contributed by atoms with Crippen molar-refractivity contribution in [3.63, 3.8) is 0 Å². The number of carboxylic acids is 1. The molecule has 0 unspecified atom stereocenters. The number of ether oxygens (including phenoxy) is 3. The highest BCUT2D eigenvalue weighted by Crippen LogP contribution is 2.21. The summed E-state index contributed by atoms with van der Waals surface area (Å²) >= 11 is 0. The third-order valence-corrected chi connectivity index (χ3v) is 6.59. The molecule has 2 N–H and O–H groups in total. The Hall–Kier alpha value is -4.26. The van der Waals surface area contributed by atoms with Crippen LogP contribution in [-0.4, -0.2) is 108 Å². The molecule has 1 aliphatic rings. The maximum absolute atomic E-state index is 13.4. The maximum atomic E-state index is 13.4. The minimum Gasteiger partial charge on any atom is -0.481 e. The standard InChI is InChI=1S/C29H39N5O8/c1-3-4-8-17-42-29(39)34-15-13-33(14-16-34)28(38)22(11-12-25(35)36)31-27(37)26-30-23(21-9-6-5-7-10-21)20-24(32-26)41-19-18-40-2/h5-7,9-10,20,22H,3-4,8,11-19H2,1-2H3,(H,31,37)(H,35,36)/t22-/m0/s1. The molecule has 42 heavy (non-hydrogen) atoms. The molecule has 228 valence electrons. The van der Waals surface area contributed by atoms with Crippen LogP contribution in [0.4, 0.5) is 4.79 Å².